The molecule has 1 aromatic carbocycles. The minimum Gasteiger partial charge on any atom is -0.356 e. The maximum atomic E-state index is 11.3. The number of hydrogen-bond acceptors (Lipinski definition) is 4. The van der Waals surface area contributed by atoms with E-state index in [0.717, 1.165) is 36.3 Å². The summed E-state index contributed by atoms with van der Waals surface area (Å²) in [4.78, 5) is 18.0. The second-order valence-corrected chi connectivity index (χ2v) is 4.81. The van der Waals surface area contributed by atoms with Gasteiger partial charge in [0.1, 0.15) is 5.82 Å². The Balaban J connectivity index is 0.000000774. The van der Waals surface area contributed by atoms with Gasteiger partial charge >= 0.3 is 0 Å². The van der Waals surface area contributed by atoms with Gasteiger partial charge in [-0.3, -0.25) is 4.79 Å². The Kier molecular flexibility index (Phi) is 5.46. The van der Waals surface area contributed by atoms with Gasteiger partial charge in [-0.25, -0.2) is 4.98 Å². The van der Waals surface area contributed by atoms with Crippen LogP contribution in [0.5, 0.6) is 0 Å². The number of benzene rings is 1. The molecular weight excluding hydrogens is 262 g/mol. The van der Waals surface area contributed by atoms with Crippen LogP contribution in [-0.4, -0.2) is 31.4 Å². The molecule has 1 aliphatic rings. The zero-order valence-corrected chi connectivity index (χ0v) is 12.3. The van der Waals surface area contributed by atoms with Crippen LogP contribution in [0, 0.1) is 0 Å². The van der Waals surface area contributed by atoms with E-state index >= 15 is 0 Å². The van der Waals surface area contributed by atoms with Crippen LogP contribution in [-0.2, 0) is 0 Å². The largest absolute Gasteiger partial charge is 0.356 e. The van der Waals surface area contributed by atoms with Gasteiger partial charge in [0, 0.05) is 24.8 Å². The number of pyridine rings is 1. The van der Waals surface area contributed by atoms with Crippen molar-refractivity contribution in [1.29, 1.82) is 0 Å². The lowest BCUT2D eigenvalue weighted by Gasteiger charge is -2.18. The number of aldehydes is 1. The summed E-state index contributed by atoms with van der Waals surface area (Å²) in [5, 5.41) is 0. The number of nitrogens with two attached hydrogens (primary N) is 1. The van der Waals surface area contributed by atoms with Crippen molar-refractivity contribution < 1.29 is 4.79 Å². The second kappa shape index (κ2) is 7.55. The first-order valence-electron chi connectivity index (χ1n) is 7.22. The standard InChI is InChI=1S/C16H16N2O.CH5N/c19-12-15-10-14(13-6-2-1-3-7-13)11-17-16(15)18-8-4-5-9-18;1-2/h1-3,6-7,10-12H,4-5,8-9H2;2H2,1H3. The lowest BCUT2D eigenvalue weighted by atomic mass is 10.1. The lowest BCUT2D eigenvalue weighted by molar-refractivity contribution is 0.112. The molecule has 1 aliphatic heterocycles. The van der Waals surface area contributed by atoms with Gasteiger partial charge in [0.15, 0.2) is 6.29 Å². The SMILES string of the molecule is CN.O=Cc1cc(-c2ccccc2)cnc1N1CCCC1. The monoisotopic (exact) mass is 283 g/mol. The molecule has 2 N–H and O–H groups in total. The van der Waals surface area contributed by atoms with Gasteiger partial charge in [-0.1, -0.05) is 30.3 Å². The van der Waals surface area contributed by atoms with E-state index < -0.39 is 0 Å². The summed E-state index contributed by atoms with van der Waals surface area (Å²) >= 11 is 0. The first-order valence-corrected chi connectivity index (χ1v) is 7.22. The van der Waals surface area contributed by atoms with Gasteiger partial charge in [0.05, 0.1) is 5.56 Å². The minimum atomic E-state index is 0.684. The lowest BCUT2D eigenvalue weighted by Crippen LogP contribution is -2.20. The summed E-state index contributed by atoms with van der Waals surface area (Å²) in [5.74, 6) is 0.826. The fraction of sp³-hybridized carbons (Fsp3) is 0.294. The van der Waals surface area contributed by atoms with Gasteiger partial charge in [0.2, 0.25) is 0 Å². The molecule has 110 valence electrons. The normalized spacial score (nSPS) is 13.5. The molecule has 21 heavy (non-hydrogen) atoms. The van der Waals surface area contributed by atoms with Crippen LogP contribution in [0.2, 0.25) is 0 Å². The molecule has 1 aromatic heterocycles. The molecule has 0 amide bonds. The van der Waals surface area contributed by atoms with E-state index in [4.69, 9.17) is 0 Å². The molecule has 4 heteroatoms. The molecule has 2 aromatic rings. The zero-order valence-electron chi connectivity index (χ0n) is 12.3. The van der Waals surface area contributed by atoms with E-state index in [1.165, 1.54) is 19.9 Å². The average molecular weight is 283 g/mol. The Labute approximate surface area is 125 Å². The van der Waals surface area contributed by atoms with Crippen LogP contribution in [0.15, 0.2) is 42.6 Å². The van der Waals surface area contributed by atoms with Crippen molar-refractivity contribution in [1.82, 2.24) is 4.98 Å². The van der Waals surface area contributed by atoms with Crippen molar-refractivity contribution in [3.63, 3.8) is 0 Å². The summed E-state index contributed by atoms with van der Waals surface area (Å²) in [6.07, 6.45) is 5.13. The highest BCUT2D eigenvalue weighted by molar-refractivity contribution is 5.85. The van der Waals surface area contributed by atoms with E-state index in [1.807, 2.05) is 42.6 Å². The molecule has 0 atom stereocenters. The van der Waals surface area contributed by atoms with Crippen molar-refractivity contribution in [3.05, 3.63) is 48.2 Å². The molecule has 0 aliphatic carbocycles. The Bertz CT molecular complexity index is 578. The van der Waals surface area contributed by atoms with Gasteiger partial charge in [-0.15, -0.1) is 0 Å². The molecule has 0 unspecified atom stereocenters. The Morgan fingerprint density at radius 3 is 2.38 bits per heavy atom. The van der Waals surface area contributed by atoms with Crippen molar-refractivity contribution in [2.24, 2.45) is 5.73 Å². The van der Waals surface area contributed by atoms with E-state index in [2.05, 4.69) is 15.6 Å². The molecule has 2 heterocycles. The van der Waals surface area contributed by atoms with Crippen molar-refractivity contribution in [2.75, 3.05) is 25.0 Å². The Hall–Kier alpha value is -2.20. The highest BCUT2D eigenvalue weighted by Gasteiger charge is 2.17. The number of carbonyl (C=O) groups excluding carboxylic acids is 1. The second-order valence-electron chi connectivity index (χ2n) is 4.81. The van der Waals surface area contributed by atoms with Crippen LogP contribution in [0.3, 0.4) is 0 Å². The predicted molar refractivity (Wildman–Crippen MR) is 86.6 cm³/mol. The highest BCUT2D eigenvalue weighted by atomic mass is 16.1. The fourth-order valence-electron chi connectivity index (χ4n) is 2.54. The number of nitrogens with zero attached hydrogens (tertiary/aromatic N) is 2. The third-order valence-electron chi connectivity index (χ3n) is 3.53. The van der Waals surface area contributed by atoms with Crippen LogP contribution in [0.25, 0.3) is 11.1 Å². The number of aromatic nitrogens is 1. The molecule has 4 nitrogen and oxygen atoms in total. The summed E-state index contributed by atoms with van der Waals surface area (Å²) in [7, 11) is 1.50. The first kappa shape index (κ1) is 15.2. The Morgan fingerprint density at radius 2 is 1.76 bits per heavy atom. The van der Waals surface area contributed by atoms with Crippen LogP contribution < -0.4 is 10.6 Å². The molecule has 1 fully saturated rings. The minimum absolute atomic E-state index is 0.684. The number of anilines is 1. The van der Waals surface area contributed by atoms with E-state index in [1.54, 1.807) is 0 Å². The smallest absolute Gasteiger partial charge is 0.153 e. The summed E-state index contributed by atoms with van der Waals surface area (Å²) in [6, 6.07) is 12.0. The predicted octanol–water partition coefficient (Wildman–Crippen LogP) is 2.74. The fourth-order valence-corrected chi connectivity index (χ4v) is 2.54. The topological polar surface area (TPSA) is 59.2 Å². The third kappa shape index (κ3) is 3.47. The van der Waals surface area contributed by atoms with Crippen LogP contribution >= 0.6 is 0 Å². The van der Waals surface area contributed by atoms with E-state index in [0.29, 0.717) is 5.56 Å². The van der Waals surface area contributed by atoms with E-state index in [-0.39, 0.29) is 0 Å². The molecule has 0 bridgehead atoms. The maximum absolute atomic E-state index is 11.3. The number of rotatable bonds is 3. The summed E-state index contributed by atoms with van der Waals surface area (Å²) in [6.45, 7) is 2.00. The zero-order chi connectivity index (χ0) is 15.1. The quantitative estimate of drug-likeness (QED) is 0.880. The number of hydrogen-bond donors (Lipinski definition) is 1. The van der Waals surface area contributed by atoms with Crippen LogP contribution in [0.4, 0.5) is 5.82 Å². The molecule has 1 saturated heterocycles. The summed E-state index contributed by atoms with van der Waals surface area (Å²) < 4.78 is 0. The van der Waals surface area contributed by atoms with Gasteiger partial charge < -0.3 is 10.6 Å². The molecule has 0 saturated carbocycles. The molecule has 3 rings (SSSR count). The van der Waals surface area contributed by atoms with Gasteiger partial charge in [0.25, 0.3) is 0 Å². The third-order valence-corrected chi connectivity index (χ3v) is 3.53. The van der Waals surface area contributed by atoms with Crippen LogP contribution in [0.1, 0.15) is 23.2 Å². The number of carbonyl (C=O) groups is 1. The van der Waals surface area contributed by atoms with Gasteiger partial charge in [-0.05, 0) is 31.5 Å². The van der Waals surface area contributed by atoms with Crippen molar-refractivity contribution in [2.45, 2.75) is 12.8 Å². The molecule has 0 radical (unpaired) electrons. The maximum Gasteiger partial charge on any atom is 0.153 e. The van der Waals surface area contributed by atoms with E-state index in [9.17, 15) is 4.79 Å². The van der Waals surface area contributed by atoms with Crippen molar-refractivity contribution in [3.8, 4) is 11.1 Å². The average Bonchev–Trinajstić information content (AvgIpc) is 3.11. The van der Waals surface area contributed by atoms with Crippen molar-refractivity contribution >= 4 is 12.1 Å². The highest BCUT2D eigenvalue weighted by Crippen LogP contribution is 2.26. The Morgan fingerprint density at radius 1 is 1.10 bits per heavy atom. The first-order chi connectivity index (χ1) is 10.4. The summed E-state index contributed by atoms with van der Waals surface area (Å²) in [5.41, 5.74) is 7.26. The van der Waals surface area contributed by atoms with Gasteiger partial charge in [-0.2, -0.15) is 0 Å². The molecule has 0 spiro atoms. The molecular formula is C17H21N3O.